The van der Waals surface area contributed by atoms with Gasteiger partial charge in [-0.05, 0) is 49.6 Å². The molecule has 0 bridgehead atoms. The molecule has 3 heterocycles. The average molecular weight is 469 g/mol. The van der Waals surface area contributed by atoms with Gasteiger partial charge in [0.2, 0.25) is 5.91 Å². The van der Waals surface area contributed by atoms with E-state index in [1.54, 1.807) is 41.0 Å². The highest BCUT2D eigenvalue weighted by molar-refractivity contribution is 6.12. The number of hydrogen-bond acceptors (Lipinski definition) is 4. The van der Waals surface area contributed by atoms with Crippen LogP contribution in [0, 0.1) is 6.92 Å². The molecule has 1 aliphatic rings. The van der Waals surface area contributed by atoms with Gasteiger partial charge in [-0.3, -0.25) is 19.2 Å². The number of amides is 2. The van der Waals surface area contributed by atoms with Gasteiger partial charge >= 0.3 is 0 Å². The quantitative estimate of drug-likeness (QED) is 0.443. The molecule has 0 fully saturated rings. The maximum Gasteiger partial charge on any atom is 0.277 e. The Labute approximate surface area is 204 Å². The molecule has 1 aliphatic heterocycles. The number of anilines is 1. The molecule has 2 aromatic heterocycles. The van der Waals surface area contributed by atoms with Crippen molar-refractivity contribution in [2.24, 2.45) is 0 Å². The molecule has 2 amide bonds. The number of aryl methyl sites for hydroxylation is 2. The molecule has 2 aromatic carbocycles. The van der Waals surface area contributed by atoms with Gasteiger partial charge in [0.15, 0.2) is 5.76 Å². The second kappa shape index (κ2) is 8.91. The topological polar surface area (TPSA) is 80.4 Å². The lowest BCUT2D eigenvalue weighted by atomic mass is 9.92. The van der Waals surface area contributed by atoms with Gasteiger partial charge in [-0.25, -0.2) is 0 Å². The number of fused-ring (bicyclic) bond motifs is 1. The minimum Gasteiger partial charge on any atom is -0.463 e. The van der Waals surface area contributed by atoms with Crippen LogP contribution in [0.4, 0.5) is 5.69 Å². The van der Waals surface area contributed by atoms with Crippen molar-refractivity contribution in [3.8, 4) is 11.5 Å². The number of benzene rings is 2. The van der Waals surface area contributed by atoms with Gasteiger partial charge in [0, 0.05) is 18.3 Å². The van der Waals surface area contributed by atoms with Gasteiger partial charge in [-0.1, -0.05) is 55.0 Å². The van der Waals surface area contributed by atoms with Crippen molar-refractivity contribution in [2.75, 3.05) is 4.90 Å². The molecule has 0 spiro atoms. The fraction of sp³-hybridized carbons (Fsp3) is 0.250. The summed E-state index contributed by atoms with van der Waals surface area (Å²) < 4.78 is 7.12. The summed E-state index contributed by atoms with van der Waals surface area (Å²) in [5, 5.41) is 7.67. The van der Waals surface area contributed by atoms with Crippen molar-refractivity contribution in [3.05, 3.63) is 95.4 Å². The van der Waals surface area contributed by atoms with E-state index in [2.05, 4.69) is 10.4 Å². The monoisotopic (exact) mass is 468 g/mol. The van der Waals surface area contributed by atoms with E-state index >= 15 is 0 Å². The summed E-state index contributed by atoms with van der Waals surface area (Å²) >= 11 is 0. The van der Waals surface area contributed by atoms with Gasteiger partial charge in [-0.15, -0.1) is 0 Å². The molecule has 4 aromatic rings. The Kier molecular flexibility index (Phi) is 5.76. The Morgan fingerprint density at radius 1 is 1.11 bits per heavy atom. The molecule has 178 valence electrons. The number of carbonyl (C=O) groups excluding carboxylic acids is 2. The van der Waals surface area contributed by atoms with Crippen molar-refractivity contribution in [2.45, 2.75) is 45.8 Å². The summed E-state index contributed by atoms with van der Waals surface area (Å²) in [6.45, 7) is 6.46. The number of aromatic nitrogens is 2. The molecule has 1 N–H and O–H groups in total. The number of nitrogens with zero attached hydrogens (tertiary/aromatic N) is 3. The van der Waals surface area contributed by atoms with Crippen LogP contribution in [0.1, 0.15) is 41.0 Å². The lowest BCUT2D eigenvalue weighted by Gasteiger charge is -2.43. The summed E-state index contributed by atoms with van der Waals surface area (Å²) in [4.78, 5) is 29.4. The first-order valence-electron chi connectivity index (χ1n) is 11.8. The maximum absolute atomic E-state index is 14.0. The van der Waals surface area contributed by atoms with Gasteiger partial charge in [0.05, 0.1) is 12.8 Å². The first-order chi connectivity index (χ1) is 16.9. The number of rotatable bonds is 6. The van der Waals surface area contributed by atoms with E-state index in [1.165, 1.54) is 0 Å². The summed E-state index contributed by atoms with van der Waals surface area (Å²) in [7, 11) is 0. The predicted octanol–water partition coefficient (Wildman–Crippen LogP) is 4.75. The van der Waals surface area contributed by atoms with Crippen LogP contribution in [0.2, 0.25) is 0 Å². The second-order valence-electron chi connectivity index (χ2n) is 9.11. The van der Waals surface area contributed by atoms with Crippen molar-refractivity contribution in [1.82, 2.24) is 15.1 Å². The highest BCUT2D eigenvalue weighted by atomic mass is 16.3. The largest absolute Gasteiger partial charge is 0.463 e. The van der Waals surface area contributed by atoms with E-state index in [0.717, 1.165) is 28.8 Å². The minimum absolute atomic E-state index is 0.215. The normalized spacial score (nSPS) is 17.3. The van der Waals surface area contributed by atoms with Gasteiger partial charge in [-0.2, -0.15) is 5.10 Å². The fourth-order valence-corrected chi connectivity index (χ4v) is 4.61. The molecule has 1 unspecified atom stereocenters. The predicted molar refractivity (Wildman–Crippen MR) is 134 cm³/mol. The Morgan fingerprint density at radius 3 is 2.60 bits per heavy atom. The maximum atomic E-state index is 14.0. The zero-order valence-electron chi connectivity index (χ0n) is 20.1. The molecular weight excluding hydrogens is 440 g/mol. The molecular formula is C28H28N4O3. The van der Waals surface area contributed by atoms with Crippen LogP contribution in [-0.2, 0) is 24.3 Å². The van der Waals surface area contributed by atoms with E-state index in [-0.39, 0.29) is 18.4 Å². The molecule has 35 heavy (non-hydrogen) atoms. The highest BCUT2D eigenvalue weighted by Crippen LogP contribution is 2.36. The summed E-state index contributed by atoms with van der Waals surface area (Å²) in [6, 6.07) is 21.1. The number of furan rings is 1. The van der Waals surface area contributed by atoms with Crippen LogP contribution >= 0.6 is 0 Å². The average Bonchev–Trinajstić information content (AvgIpc) is 3.54. The third-order valence-electron chi connectivity index (χ3n) is 6.60. The van der Waals surface area contributed by atoms with Crippen LogP contribution in [0.3, 0.4) is 0 Å². The van der Waals surface area contributed by atoms with Gasteiger partial charge in [0.25, 0.3) is 5.91 Å². The SMILES string of the molecule is CCc1ccccc1N1C(=O)c2cc(-c3ccco3)nn2CC1(C)C(=O)NCc1ccc(C)cc1. The first-order valence-corrected chi connectivity index (χ1v) is 11.8. The van der Waals surface area contributed by atoms with E-state index in [1.807, 2.05) is 62.4 Å². The lowest BCUT2D eigenvalue weighted by Crippen LogP contribution is -2.64. The highest BCUT2D eigenvalue weighted by Gasteiger charge is 2.49. The summed E-state index contributed by atoms with van der Waals surface area (Å²) in [6.07, 6.45) is 2.31. The van der Waals surface area contributed by atoms with Crippen LogP contribution in [-0.4, -0.2) is 27.1 Å². The van der Waals surface area contributed by atoms with E-state index in [4.69, 9.17) is 4.42 Å². The third kappa shape index (κ3) is 4.03. The number of nitrogens with one attached hydrogen (secondary N) is 1. The van der Waals surface area contributed by atoms with Crippen molar-refractivity contribution in [3.63, 3.8) is 0 Å². The Bertz CT molecular complexity index is 1370. The van der Waals surface area contributed by atoms with E-state index < -0.39 is 5.54 Å². The third-order valence-corrected chi connectivity index (χ3v) is 6.60. The molecule has 1 atom stereocenters. The zero-order valence-corrected chi connectivity index (χ0v) is 20.1. The minimum atomic E-state index is -1.19. The van der Waals surface area contributed by atoms with Crippen molar-refractivity contribution in [1.29, 1.82) is 0 Å². The standard InChI is InChI=1S/C28H28N4O3/c1-4-21-8-5-6-9-23(21)32-26(33)24-16-22(25-10-7-15-35-25)30-31(24)18-28(32,3)27(34)29-17-20-13-11-19(2)12-14-20/h5-16H,4,17-18H2,1-3H3,(H,29,34). The summed E-state index contributed by atoms with van der Waals surface area (Å²) in [5.74, 6) is 0.0687. The number of hydrogen-bond donors (Lipinski definition) is 1. The molecule has 0 radical (unpaired) electrons. The Morgan fingerprint density at radius 2 is 1.89 bits per heavy atom. The van der Waals surface area contributed by atoms with Crippen LogP contribution in [0.5, 0.6) is 0 Å². The number of carbonyl (C=O) groups is 2. The molecule has 0 saturated carbocycles. The molecule has 7 nitrogen and oxygen atoms in total. The molecule has 0 aliphatic carbocycles. The Balaban J connectivity index is 1.55. The van der Waals surface area contributed by atoms with Crippen LogP contribution < -0.4 is 10.2 Å². The summed E-state index contributed by atoms with van der Waals surface area (Å²) in [5.41, 5.74) is 3.68. The van der Waals surface area contributed by atoms with E-state index in [0.29, 0.717) is 23.7 Å². The molecule has 5 rings (SSSR count). The number of para-hydroxylation sites is 1. The smallest absolute Gasteiger partial charge is 0.277 e. The van der Waals surface area contributed by atoms with Gasteiger partial charge < -0.3 is 9.73 Å². The van der Waals surface area contributed by atoms with Crippen molar-refractivity contribution >= 4 is 17.5 Å². The first kappa shape index (κ1) is 22.7. The van der Waals surface area contributed by atoms with Crippen molar-refractivity contribution < 1.29 is 14.0 Å². The fourth-order valence-electron chi connectivity index (χ4n) is 4.61. The van der Waals surface area contributed by atoms with Crippen LogP contribution in [0.25, 0.3) is 11.5 Å². The van der Waals surface area contributed by atoms with E-state index in [9.17, 15) is 9.59 Å². The lowest BCUT2D eigenvalue weighted by molar-refractivity contribution is -0.126. The van der Waals surface area contributed by atoms with Crippen LogP contribution in [0.15, 0.2) is 77.4 Å². The molecule has 7 heteroatoms. The molecule has 0 saturated heterocycles. The Hall–Kier alpha value is -4.13. The van der Waals surface area contributed by atoms with Gasteiger partial charge in [0.1, 0.15) is 16.9 Å². The second-order valence-corrected chi connectivity index (χ2v) is 9.11. The zero-order chi connectivity index (χ0) is 24.6.